The molecule has 124 valence electrons. The third-order valence-corrected chi connectivity index (χ3v) is 3.70. The van der Waals surface area contributed by atoms with E-state index >= 15 is 0 Å². The summed E-state index contributed by atoms with van der Waals surface area (Å²) in [7, 11) is 1.57. The molecule has 3 aromatic rings. The van der Waals surface area contributed by atoms with Crippen LogP contribution >= 0.6 is 11.6 Å². The second-order valence-corrected chi connectivity index (χ2v) is 5.51. The lowest BCUT2D eigenvalue weighted by Gasteiger charge is -2.06. The zero-order valence-electron chi connectivity index (χ0n) is 12.9. The number of amides is 1. The van der Waals surface area contributed by atoms with Crippen molar-refractivity contribution in [2.24, 2.45) is 7.05 Å². The van der Waals surface area contributed by atoms with Crippen LogP contribution in [0.5, 0.6) is 0 Å². The molecule has 0 aliphatic rings. The van der Waals surface area contributed by atoms with Crippen LogP contribution in [0.1, 0.15) is 15.9 Å². The number of nitriles is 1. The van der Waals surface area contributed by atoms with Crippen LogP contribution in [-0.2, 0) is 7.05 Å². The van der Waals surface area contributed by atoms with E-state index in [-0.39, 0.29) is 16.9 Å². The molecule has 3 rings (SSSR count). The molecular weight excluding hydrogens is 344 g/mol. The third kappa shape index (κ3) is 3.27. The Balaban J connectivity index is 1.89. The van der Waals surface area contributed by atoms with Gasteiger partial charge in [0.2, 0.25) is 0 Å². The summed E-state index contributed by atoms with van der Waals surface area (Å²) in [5.41, 5.74) is 0.0748. The number of carbonyl (C=O) groups excluding carboxylic acids is 1. The predicted molar refractivity (Wildman–Crippen MR) is 91.2 cm³/mol. The normalized spacial score (nSPS) is 10.3. The first kappa shape index (κ1) is 16.4. The van der Waals surface area contributed by atoms with Gasteiger partial charge in [0, 0.05) is 23.8 Å². The fourth-order valence-electron chi connectivity index (χ4n) is 2.15. The highest BCUT2D eigenvalue weighted by molar-refractivity contribution is 6.30. The number of aryl methyl sites for hydroxylation is 1. The SMILES string of the molecule is Cn1ncc(C#N)c1NC(=O)c1cnc(-c2ccc(Cl)cc2)[nH]c1=O. The van der Waals surface area contributed by atoms with Crippen molar-refractivity contribution in [3.63, 3.8) is 0 Å². The van der Waals surface area contributed by atoms with Gasteiger partial charge in [-0.25, -0.2) is 4.98 Å². The van der Waals surface area contributed by atoms with Crippen molar-refractivity contribution in [1.82, 2.24) is 19.7 Å². The van der Waals surface area contributed by atoms with Gasteiger partial charge in [0.25, 0.3) is 11.5 Å². The van der Waals surface area contributed by atoms with E-state index in [2.05, 4.69) is 20.4 Å². The van der Waals surface area contributed by atoms with Gasteiger partial charge < -0.3 is 10.3 Å². The van der Waals surface area contributed by atoms with Crippen molar-refractivity contribution in [2.45, 2.75) is 0 Å². The number of aromatic nitrogens is 4. The second-order valence-electron chi connectivity index (χ2n) is 5.08. The Morgan fingerprint density at radius 1 is 1.32 bits per heavy atom. The van der Waals surface area contributed by atoms with Gasteiger partial charge in [-0.1, -0.05) is 11.6 Å². The van der Waals surface area contributed by atoms with Gasteiger partial charge in [-0.05, 0) is 24.3 Å². The lowest BCUT2D eigenvalue weighted by atomic mass is 10.2. The Bertz CT molecular complexity index is 1050. The molecule has 0 bridgehead atoms. The minimum absolute atomic E-state index is 0.178. The molecule has 0 atom stereocenters. The summed E-state index contributed by atoms with van der Waals surface area (Å²) < 4.78 is 1.33. The first-order valence-corrected chi connectivity index (χ1v) is 7.46. The number of aromatic amines is 1. The topological polar surface area (TPSA) is 116 Å². The third-order valence-electron chi connectivity index (χ3n) is 3.45. The molecule has 2 aromatic heterocycles. The van der Waals surface area contributed by atoms with Crippen molar-refractivity contribution in [3.05, 3.63) is 63.2 Å². The summed E-state index contributed by atoms with van der Waals surface area (Å²) in [5, 5.41) is 15.9. The van der Waals surface area contributed by atoms with Crippen LogP contribution < -0.4 is 10.9 Å². The van der Waals surface area contributed by atoms with Gasteiger partial charge in [-0.15, -0.1) is 0 Å². The lowest BCUT2D eigenvalue weighted by molar-refractivity contribution is 0.102. The summed E-state index contributed by atoms with van der Waals surface area (Å²) in [5.74, 6) is -0.165. The van der Waals surface area contributed by atoms with Crippen LogP contribution in [-0.4, -0.2) is 25.7 Å². The standard InChI is InChI=1S/C16H11ClN6O2/c1-23-14(10(6-18)7-20-23)22-16(25)12-8-19-13(21-15(12)24)9-2-4-11(17)5-3-9/h2-5,7-8H,1H3,(H,22,25)(H,19,21,24). The minimum Gasteiger partial charge on any atom is -0.306 e. The molecule has 0 aliphatic heterocycles. The zero-order chi connectivity index (χ0) is 18.0. The van der Waals surface area contributed by atoms with Gasteiger partial charge >= 0.3 is 0 Å². The number of hydrogen-bond donors (Lipinski definition) is 2. The van der Waals surface area contributed by atoms with E-state index in [9.17, 15) is 9.59 Å². The first-order chi connectivity index (χ1) is 12.0. The van der Waals surface area contributed by atoms with Crippen LogP contribution in [0.2, 0.25) is 5.02 Å². The molecule has 0 saturated carbocycles. The Hall–Kier alpha value is -3.44. The fourth-order valence-corrected chi connectivity index (χ4v) is 2.28. The molecule has 1 aromatic carbocycles. The summed E-state index contributed by atoms with van der Waals surface area (Å²) in [4.78, 5) is 31.2. The van der Waals surface area contributed by atoms with E-state index in [1.807, 2.05) is 6.07 Å². The molecule has 9 heteroatoms. The number of H-pyrrole nitrogens is 1. The summed E-state index contributed by atoms with van der Waals surface area (Å²) in [6.07, 6.45) is 2.50. The average molecular weight is 355 g/mol. The van der Waals surface area contributed by atoms with Gasteiger partial charge in [0.05, 0.1) is 6.20 Å². The number of benzene rings is 1. The van der Waals surface area contributed by atoms with E-state index in [4.69, 9.17) is 16.9 Å². The molecular formula is C16H11ClN6O2. The molecule has 8 nitrogen and oxygen atoms in total. The maximum Gasteiger partial charge on any atom is 0.264 e. The van der Waals surface area contributed by atoms with E-state index in [0.29, 0.717) is 16.4 Å². The molecule has 25 heavy (non-hydrogen) atoms. The van der Waals surface area contributed by atoms with Gasteiger partial charge in [0.1, 0.15) is 28.8 Å². The average Bonchev–Trinajstić information content (AvgIpc) is 2.95. The highest BCUT2D eigenvalue weighted by Gasteiger charge is 2.17. The molecule has 0 unspecified atom stereocenters. The number of halogens is 1. The van der Waals surface area contributed by atoms with E-state index in [1.54, 1.807) is 31.3 Å². The highest BCUT2D eigenvalue weighted by atomic mass is 35.5. The number of nitrogens with one attached hydrogen (secondary N) is 2. The zero-order valence-corrected chi connectivity index (χ0v) is 13.7. The number of hydrogen-bond acceptors (Lipinski definition) is 5. The Morgan fingerprint density at radius 2 is 2.04 bits per heavy atom. The molecule has 0 spiro atoms. The van der Waals surface area contributed by atoms with Crippen LogP contribution in [0.3, 0.4) is 0 Å². The van der Waals surface area contributed by atoms with Crippen LogP contribution in [0, 0.1) is 11.3 Å². The number of rotatable bonds is 3. The summed E-state index contributed by atoms with van der Waals surface area (Å²) in [6, 6.07) is 8.66. The first-order valence-electron chi connectivity index (χ1n) is 7.08. The van der Waals surface area contributed by atoms with Crippen molar-refractivity contribution in [1.29, 1.82) is 5.26 Å². The minimum atomic E-state index is -0.684. The Kier molecular flexibility index (Phi) is 4.33. The van der Waals surface area contributed by atoms with Crippen LogP contribution in [0.4, 0.5) is 5.82 Å². The smallest absolute Gasteiger partial charge is 0.264 e. The van der Waals surface area contributed by atoms with Gasteiger partial charge in [-0.3, -0.25) is 14.3 Å². The van der Waals surface area contributed by atoms with Crippen LogP contribution in [0.25, 0.3) is 11.4 Å². The summed E-state index contributed by atoms with van der Waals surface area (Å²) >= 11 is 5.83. The number of nitrogens with zero attached hydrogens (tertiary/aromatic N) is 4. The van der Waals surface area contributed by atoms with E-state index < -0.39 is 11.5 Å². The maximum absolute atomic E-state index is 12.3. The van der Waals surface area contributed by atoms with Gasteiger partial charge in [-0.2, -0.15) is 10.4 Å². The van der Waals surface area contributed by atoms with Crippen LogP contribution in [0.15, 0.2) is 41.5 Å². The lowest BCUT2D eigenvalue weighted by Crippen LogP contribution is -2.25. The van der Waals surface area contributed by atoms with Crippen molar-refractivity contribution in [2.75, 3.05) is 5.32 Å². The van der Waals surface area contributed by atoms with Crippen molar-refractivity contribution in [3.8, 4) is 17.5 Å². The summed E-state index contributed by atoms with van der Waals surface area (Å²) in [6.45, 7) is 0. The molecule has 2 heterocycles. The largest absolute Gasteiger partial charge is 0.306 e. The number of anilines is 1. The van der Waals surface area contributed by atoms with Gasteiger partial charge in [0.15, 0.2) is 0 Å². The molecule has 0 aliphatic carbocycles. The molecule has 2 N–H and O–H groups in total. The monoisotopic (exact) mass is 354 g/mol. The molecule has 1 amide bonds. The maximum atomic E-state index is 12.3. The Morgan fingerprint density at radius 3 is 2.68 bits per heavy atom. The van der Waals surface area contributed by atoms with E-state index in [1.165, 1.54) is 17.1 Å². The van der Waals surface area contributed by atoms with Crippen molar-refractivity contribution >= 4 is 23.3 Å². The highest BCUT2D eigenvalue weighted by Crippen LogP contribution is 2.17. The number of carbonyl (C=O) groups is 1. The van der Waals surface area contributed by atoms with Crippen molar-refractivity contribution < 1.29 is 4.79 Å². The molecule has 0 fully saturated rings. The second kappa shape index (κ2) is 6.59. The molecule has 0 saturated heterocycles. The predicted octanol–water partition coefficient (Wildman–Crippen LogP) is 1.95. The Labute approximate surface area is 146 Å². The van der Waals surface area contributed by atoms with E-state index in [0.717, 1.165) is 0 Å². The molecule has 0 radical (unpaired) electrons. The fraction of sp³-hybridized carbons (Fsp3) is 0.0625. The quantitative estimate of drug-likeness (QED) is 0.745.